The van der Waals surface area contributed by atoms with Gasteiger partial charge in [-0.1, -0.05) is 18.2 Å². The van der Waals surface area contributed by atoms with Crippen molar-refractivity contribution in [3.05, 3.63) is 77.9 Å². The van der Waals surface area contributed by atoms with Crippen LogP contribution in [0.5, 0.6) is 5.75 Å². The molecule has 0 aliphatic carbocycles. The summed E-state index contributed by atoms with van der Waals surface area (Å²) < 4.78 is 19.4. The maximum Gasteiger partial charge on any atom is 0.130 e. The van der Waals surface area contributed by atoms with Gasteiger partial charge < -0.3 is 10.1 Å². The molecule has 4 heteroatoms. The number of nitrogens with zero attached hydrogens (tertiary/aromatic N) is 1. The van der Waals surface area contributed by atoms with Gasteiger partial charge in [-0.15, -0.1) is 0 Å². The third kappa shape index (κ3) is 2.95. The van der Waals surface area contributed by atoms with E-state index in [9.17, 15) is 4.39 Å². The molecule has 0 saturated heterocycles. The van der Waals surface area contributed by atoms with Crippen molar-refractivity contribution in [2.24, 2.45) is 0 Å². The Bertz CT molecular complexity index is 865. The van der Waals surface area contributed by atoms with E-state index in [-0.39, 0.29) is 5.82 Å². The van der Waals surface area contributed by atoms with Crippen LogP contribution in [0.3, 0.4) is 0 Å². The van der Waals surface area contributed by atoms with Crippen LogP contribution in [-0.4, -0.2) is 11.6 Å². The number of fused-ring (bicyclic) bond motifs is 1. The van der Waals surface area contributed by atoms with E-state index >= 15 is 0 Å². The van der Waals surface area contributed by atoms with Crippen LogP contribution in [0.4, 0.5) is 10.1 Å². The zero-order valence-corrected chi connectivity index (χ0v) is 13.1. The number of anilines is 1. The molecule has 0 radical (unpaired) electrons. The number of hydrogen-bond donors (Lipinski definition) is 1. The fourth-order valence-electron chi connectivity index (χ4n) is 3.02. The zero-order chi connectivity index (χ0) is 16.4. The largest absolute Gasteiger partial charge is 0.492 e. The van der Waals surface area contributed by atoms with Gasteiger partial charge in [-0.05, 0) is 47.0 Å². The minimum absolute atomic E-state index is 0.238. The lowest BCUT2D eigenvalue weighted by Crippen LogP contribution is -2.01. The number of nitrogens with one attached hydrogen (secondary N) is 1. The summed E-state index contributed by atoms with van der Waals surface area (Å²) in [6.45, 7) is 1.36. The minimum atomic E-state index is -0.238. The highest BCUT2D eigenvalue weighted by Crippen LogP contribution is 2.38. The first-order valence-electron chi connectivity index (χ1n) is 7.98. The van der Waals surface area contributed by atoms with Gasteiger partial charge in [-0.2, -0.15) is 0 Å². The lowest BCUT2D eigenvalue weighted by molar-refractivity contribution is 0.358. The maximum atomic E-state index is 13.6. The topological polar surface area (TPSA) is 34.2 Å². The predicted molar refractivity (Wildman–Crippen MR) is 92.6 cm³/mol. The van der Waals surface area contributed by atoms with Crippen LogP contribution in [0.25, 0.3) is 11.1 Å². The maximum absolute atomic E-state index is 13.6. The van der Waals surface area contributed by atoms with E-state index in [1.807, 2.05) is 18.2 Å². The fraction of sp³-hybridized carbons (Fsp3) is 0.150. The van der Waals surface area contributed by atoms with Crippen LogP contribution in [0.1, 0.15) is 11.1 Å². The van der Waals surface area contributed by atoms with Gasteiger partial charge in [-0.25, -0.2) is 4.39 Å². The molecule has 2 aromatic carbocycles. The third-order valence-corrected chi connectivity index (χ3v) is 4.14. The third-order valence-electron chi connectivity index (χ3n) is 4.14. The molecule has 1 aliphatic heterocycles. The van der Waals surface area contributed by atoms with Gasteiger partial charge in [-0.3, -0.25) is 4.98 Å². The van der Waals surface area contributed by atoms with Crippen LogP contribution >= 0.6 is 0 Å². The van der Waals surface area contributed by atoms with Crippen molar-refractivity contribution in [2.75, 3.05) is 11.9 Å². The normalized spacial score (nSPS) is 12.5. The first-order valence-corrected chi connectivity index (χ1v) is 7.98. The summed E-state index contributed by atoms with van der Waals surface area (Å²) in [6.07, 6.45) is 4.43. The Morgan fingerprint density at radius 3 is 2.92 bits per heavy atom. The van der Waals surface area contributed by atoms with Gasteiger partial charge >= 0.3 is 0 Å². The Hall–Kier alpha value is -2.88. The number of ether oxygens (including phenoxy) is 1. The first-order chi connectivity index (χ1) is 11.8. The molecule has 24 heavy (non-hydrogen) atoms. The summed E-state index contributed by atoms with van der Waals surface area (Å²) in [4.78, 5) is 4.11. The van der Waals surface area contributed by atoms with Gasteiger partial charge in [0.15, 0.2) is 0 Å². The molecule has 4 rings (SSSR count). The quantitative estimate of drug-likeness (QED) is 0.772. The first kappa shape index (κ1) is 14.7. The van der Waals surface area contributed by atoms with Crippen LogP contribution in [0.2, 0.25) is 0 Å². The van der Waals surface area contributed by atoms with Gasteiger partial charge in [0.2, 0.25) is 0 Å². The highest BCUT2D eigenvalue weighted by molar-refractivity contribution is 5.74. The molecule has 1 aromatic heterocycles. The molecule has 3 aromatic rings. The minimum Gasteiger partial charge on any atom is -0.492 e. The van der Waals surface area contributed by atoms with Crippen molar-refractivity contribution in [2.45, 2.75) is 13.0 Å². The summed E-state index contributed by atoms with van der Waals surface area (Å²) in [5, 5.41) is 3.36. The molecular weight excluding hydrogens is 303 g/mol. The Morgan fingerprint density at radius 1 is 1.12 bits per heavy atom. The lowest BCUT2D eigenvalue weighted by atomic mass is 9.97. The van der Waals surface area contributed by atoms with Crippen LogP contribution in [0, 0.1) is 5.82 Å². The molecule has 0 spiro atoms. The second-order valence-electron chi connectivity index (χ2n) is 5.84. The van der Waals surface area contributed by atoms with Gasteiger partial charge in [0.05, 0.1) is 12.3 Å². The summed E-state index contributed by atoms with van der Waals surface area (Å²) in [5.74, 6) is 0.642. The average molecular weight is 320 g/mol. The number of rotatable bonds is 4. The molecule has 1 N–H and O–H groups in total. The van der Waals surface area contributed by atoms with Crippen LogP contribution in [0.15, 0.2) is 60.9 Å². The van der Waals surface area contributed by atoms with Crippen molar-refractivity contribution in [3.63, 3.8) is 0 Å². The predicted octanol–water partition coefficient (Wildman–Crippen LogP) is 4.43. The van der Waals surface area contributed by atoms with E-state index in [2.05, 4.69) is 22.4 Å². The Morgan fingerprint density at radius 2 is 2.08 bits per heavy atom. The van der Waals surface area contributed by atoms with Crippen LogP contribution in [-0.2, 0) is 13.0 Å². The van der Waals surface area contributed by atoms with E-state index in [4.69, 9.17) is 4.74 Å². The molecule has 1 aliphatic rings. The molecule has 0 atom stereocenters. The molecule has 0 saturated carbocycles. The van der Waals surface area contributed by atoms with E-state index in [1.165, 1.54) is 11.6 Å². The Kier molecular flexibility index (Phi) is 3.87. The van der Waals surface area contributed by atoms with Gasteiger partial charge in [0, 0.05) is 30.9 Å². The number of benzene rings is 2. The van der Waals surface area contributed by atoms with E-state index in [1.54, 1.807) is 24.5 Å². The Labute approximate surface area is 140 Å². The van der Waals surface area contributed by atoms with Crippen molar-refractivity contribution < 1.29 is 9.13 Å². The number of aromatic nitrogens is 1. The summed E-state index contributed by atoms with van der Waals surface area (Å²) in [6, 6.07) is 14.8. The van der Waals surface area contributed by atoms with Crippen molar-refractivity contribution in [1.29, 1.82) is 0 Å². The smallest absolute Gasteiger partial charge is 0.130 e. The average Bonchev–Trinajstić information content (AvgIpc) is 3.08. The number of pyridine rings is 1. The summed E-state index contributed by atoms with van der Waals surface area (Å²) >= 11 is 0. The Balaban J connectivity index is 1.68. The molecular formula is C20H17FN2O. The highest BCUT2D eigenvalue weighted by atomic mass is 19.1. The lowest BCUT2D eigenvalue weighted by Gasteiger charge is -2.13. The second-order valence-corrected chi connectivity index (χ2v) is 5.84. The van der Waals surface area contributed by atoms with E-state index in [0.717, 1.165) is 34.5 Å². The SMILES string of the molecule is Fc1cccc(-c2cc(CNc3cccnc3)cc3c2OCC3)c1. The molecule has 120 valence electrons. The van der Waals surface area contributed by atoms with Gasteiger partial charge in [0.25, 0.3) is 0 Å². The van der Waals surface area contributed by atoms with Crippen molar-refractivity contribution in [3.8, 4) is 16.9 Å². The number of hydrogen-bond acceptors (Lipinski definition) is 3. The fourth-order valence-corrected chi connectivity index (χ4v) is 3.02. The van der Waals surface area contributed by atoms with Gasteiger partial charge in [0.1, 0.15) is 11.6 Å². The van der Waals surface area contributed by atoms with E-state index in [0.29, 0.717) is 13.2 Å². The second kappa shape index (κ2) is 6.32. The monoisotopic (exact) mass is 320 g/mol. The van der Waals surface area contributed by atoms with Crippen molar-refractivity contribution >= 4 is 5.69 Å². The number of halogens is 1. The summed E-state index contributed by atoms with van der Waals surface area (Å²) in [7, 11) is 0. The van der Waals surface area contributed by atoms with E-state index < -0.39 is 0 Å². The standard InChI is InChI=1S/C20H17FN2O/c21-17-4-1-3-15(11-17)19-10-14(9-16-6-8-24-20(16)19)12-23-18-5-2-7-22-13-18/h1-5,7,9-11,13,23H,6,8,12H2. The van der Waals surface area contributed by atoms with Crippen molar-refractivity contribution in [1.82, 2.24) is 4.98 Å². The summed E-state index contributed by atoms with van der Waals surface area (Å²) in [5.41, 5.74) is 5.09. The molecule has 0 bridgehead atoms. The molecule has 2 heterocycles. The molecule has 0 unspecified atom stereocenters. The highest BCUT2D eigenvalue weighted by Gasteiger charge is 2.19. The molecule has 0 fully saturated rings. The zero-order valence-electron chi connectivity index (χ0n) is 13.1. The molecule has 0 amide bonds. The van der Waals surface area contributed by atoms with Crippen LogP contribution < -0.4 is 10.1 Å². The molecule has 3 nitrogen and oxygen atoms in total.